The van der Waals surface area contributed by atoms with Gasteiger partial charge >= 0.3 is 0 Å². The zero-order chi connectivity index (χ0) is 13.4. The SMILES string of the molecule is Cc1cc2nc(N)n(CCN3CCCC3)c2cc1C. The molecule has 0 atom stereocenters. The number of nitrogen functional groups attached to an aromatic ring is 1. The van der Waals surface area contributed by atoms with Gasteiger partial charge in [0.2, 0.25) is 5.95 Å². The molecule has 102 valence electrons. The van der Waals surface area contributed by atoms with E-state index >= 15 is 0 Å². The zero-order valence-corrected chi connectivity index (χ0v) is 11.8. The van der Waals surface area contributed by atoms with Crippen molar-refractivity contribution in [1.82, 2.24) is 14.5 Å². The number of anilines is 1. The van der Waals surface area contributed by atoms with Gasteiger partial charge in [0.15, 0.2) is 0 Å². The Morgan fingerprint density at radius 1 is 1.11 bits per heavy atom. The molecule has 2 N–H and O–H groups in total. The second kappa shape index (κ2) is 4.85. The van der Waals surface area contributed by atoms with Crippen molar-refractivity contribution >= 4 is 17.0 Å². The molecule has 0 bridgehead atoms. The number of nitrogens with two attached hydrogens (primary N) is 1. The van der Waals surface area contributed by atoms with E-state index in [1.165, 1.54) is 42.6 Å². The van der Waals surface area contributed by atoms with Gasteiger partial charge in [-0.2, -0.15) is 0 Å². The molecule has 1 aromatic carbocycles. The molecule has 1 fully saturated rings. The van der Waals surface area contributed by atoms with Crippen LogP contribution in [0.2, 0.25) is 0 Å². The van der Waals surface area contributed by atoms with Crippen molar-refractivity contribution in [2.45, 2.75) is 33.2 Å². The molecular weight excluding hydrogens is 236 g/mol. The van der Waals surface area contributed by atoms with E-state index in [-0.39, 0.29) is 0 Å². The number of aryl methyl sites for hydroxylation is 2. The first-order valence-electron chi connectivity index (χ1n) is 7.10. The normalized spacial score (nSPS) is 16.5. The van der Waals surface area contributed by atoms with E-state index in [1.807, 2.05) is 0 Å². The van der Waals surface area contributed by atoms with Gasteiger partial charge in [0.05, 0.1) is 11.0 Å². The minimum atomic E-state index is 0.638. The van der Waals surface area contributed by atoms with Gasteiger partial charge < -0.3 is 15.2 Å². The lowest BCUT2D eigenvalue weighted by molar-refractivity contribution is 0.325. The maximum absolute atomic E-state index is 6.07. The fourth-order valence-electron chi connectivity index (χ4n) is 2.88. The first-order chi connectivity index (χ1) is 9.15. The predicted molar refractivity (Wildman–Crippen MR) is 79.3 cm³/mol. The molecule has 0 unspecified atom stereocenters. The van der Waals surface area contributed by atoms with Crippen LogP contribution in [-0.4, -0.2) is 34.1 Å². The van der Waals surface area contributed by atoms with Crippen molar-refractivity contribution in [3.05, 3.63) is 23.3 Å². The molecule has 3 rings (SSSR count). The minimum absolute atomic E-state index is 0.638. The van der Waals surface area contributed by atoms with Crippen molar-refractivity contribution < 1.29 is 0 Å². The van der Waals surface area contributed by atoms with E-state index in [0.29, 0.717) is 5.95 Å². The third-order valence-corrected chi connectivity index (χ3v) is 4.23. The Bertz CT molecular complexity index is 594. The maximum atomic E-state index is 6.07. The molecule has 1 aliphatic rings. The number of aromatic nitrogens is 2. The molecule has 1 aliphatic heterocycles. The summed E-state index contributed by atoms with van der Waals surface area (Å²) in [5.41, 5.74) is 10.8. The Hall–Kier alpha value is -1.55. The number of hydrogen-bond acceptors (Lipinski definition) is 3. The molecule has 2 heterocycles. The average Bonchev–Trinajstić information content (AvgIpc) is 2.96. The molecule has 4 nitrogen and oxygen atoms in total. The molecule has 4 heteroatoms. The highest BCUT2D eigenvalue weighted by atomic mass is 15.2. The number of benzene rings is 1. The lowest BCUT2D eigenvalue weighted by atomic mass is 10.1. The van der Waals surface area contributed by atoms with E-state index in [4.69, 9.17) is 5.73 Å². The standard InChI is InChI=1S/C15H22N4/c1-11-9-13-14(10-12(11)2)19(15(16)17-13)8-7-18-5-3-4-6-18/h9-10H,3-8H2,1-2H3,(H2,16,17). The lowest BCUT2D eigenvalue weighted by Crippen LogP contribution is -2.24. The number of rotatable bonds is 3. The molecular formula is C15H22N4. The molecule has 0 aliphatic carbocycles. The van der Waals surface area contributed by atoms with Crippen LogP contribution >= 0.6 is 0 Å². The Morgan fingerprint density at radius 3 is 2.53 bits per heavy atom. The quantitative estimate of drug-likeness (QED) is 0.919. The Morgan fingerprint density at radius 2 is 1.79 bits per heavy atom. The van der Waals surface area contributed by atoms with Crippen LogP contribution in [0.5, 0.6) is 0 Å². The number of imidazole rings is 1. The van der Waals surface area contributed by atoms with Crippen molar-refractivity contribution in [2.24, 2.45) is 0 Å². The van der Waals surface area contributed by atoms with Gasteiger partial charge in [-0.1, -0.05) is 0 Å². The minimum Gasteiger partial charge on any atom is -0.369 e. The summed E-state index contributed by atoms with van der Waals surface area (Å²) in [6.45, 7) is 8.72. The highest BCUT2D eigenvalue weighted by Gasteiger charge is 2.14. The molecule has 19 heavy (non-hydrogen) atoms. The number of fused-ring (bicyclic) bond motifs is 1. The summed E-state index contributed by atoms with van der Waals surface area (Å²) in [7, 11) is 0. The van der Waals surface area contributed by atoms with Crippen molar-refractivity contribution in [1.29, 1.82) is 0 Å². The fourth-order valence-corrected chi connectivity index (χ4v) is 2.88. The monoisotopic (exact) mass is 258 g/mol. The third kappa shape index (κ3) is 2.32. The van der Waals surface area contributed by atoms with Crippen LogP contribution in [0.4, 0.5) is 5.95 Å². The predicted octanol–water partition coefficient (Wildman–Crippen LogP) is 2.33. The van der Waals surface area contributed by atoms with Crippen LogP contribution < -0.4 is 5.73 Å². The summed E-state index contributed by atoms with van der Waals surface area (Å²) in [6.07, 6.45) is 2.66. The molecule has 1 aromatic heterocycles. The van der Waals surface area contributed by atoms with Gasteiger partial charge in [-0.15, -0.1) is 0 Å². The Balaban J connectivity index is 1.89. The van der Waals surface area contributed by atoms with Gasteiger partial charge in [0.1, 0.15) is 0 Å². The van der Waals surface area contributed by atoms with Crippen LogP contribution in [0.25, 0.3) is 11.0 Å². The highest BCUT2D eigenvalue weighted by molar-refractivity contribution is 5.80. The van der Waals surface area contributed by atoms with Crippen molar-refractivity contribution in [2.75, 3.05) is 25.4 Å². The summed E-state index contributed by atoms with van der Waals surface area (Å²) in [5, 5.41) is 0. The lowest BCUT2D eigenvalue weighted by Gasteiger charge is -2.15. The summed E-state index contributed by atoms with van der Waals surface area (Å²) >= 11 is 0. The molecule has 0 amide bonds. The molecule has 1 saturated heterocycles. The summed E-state index contributed by atoms with van der Waals surface area (Å²) in [4.78, 5) is 6.99. The van der Waals surface area contributed by atoms with E-state index in [1.54, 1.807) is 0 Å². The number of nitrogens with zero attached hydrogens (tertiary/aromatic N) is 3. The summed E-state index contributed by atoms with van der Waals surface area (Å²) in [5.74, 6) is 0.638. The fraction of sp³-hybridized carbons (Fsp3) is 0.533. The zero-order valence-electron chi connectivity index (χ0n) is 11.8. The van der Waals surface area contributed by atoms with Crippen LogP contribution in [0, 0.1) is 13.8 Å². The first kappa shape index (κ1) is 12.5. The van der Waals surface area contributed by atoms with Gasteiger partial charge in [-0.3, -0.25) is 0 Å². The van der Waals surface area contributed by atoms with Crippen LogP contribution in [0.3, 0.4) is 0 Å². The summed E-state index contributed by atoms with van der Waals surface area (Å²) in [6, 6.07) is 4.34. The van der Waals surface area contributed by atoms with Crippen LogP contribution in [-0.2, 0) is 6.54 Å². The average molecular weight is 258 g/mol. The molecule has 2 aromatic rings. The summed E-state index contributed by atoms with van der Waals surface area (Å²) < 4.78 is 2.15. The van der Waals surface area contributed by atoms with E-state index < -0.39 is 0 Å². The second-order valence-corrected chi connectivity index (χ2v) is 5.60. The Kier molecular flexibility index (Phi) is 3.19. The van der Waals surface area contributed by atoms with Gasteiger partial charge in [-0.25, -0.2) is 4.98 Å². The molecule has 0 saturated carbocycles. The smallest absolute Gasteiger partial charge is 0.201 e. The van der Waals surface area contributed by atoms with E-state index in [9.17, 15) is 0 Å². The van der Waals surface area contributed by atoms with Crippen molar-refractivity contribution in [3.8, 4) is 0 Å². The second-order valence-electron chi connectivity index (χ2n) is 5.60. The molecule has 0 spiro atoms. The van der Waals surface area contributed by atoms with E-state index in [2.05, 4.69) is 40.4 Å². The van der Waals surface area contributed by atoms with Gasteiger partial charge in [-0.05, 0) is 63.0 Å². The van der Waals surface area contributed by atoms with Crippen LogP contribution in [0.15, 0.2) is 12.1 Å². The van der Waals surface area contributed by atoms with E-state index in [0.717, 1.165) is 18.6 Å². The van der Waals surface area contributed by atoms with Crippen molar-refractivity contribution in [3.63, 3.8) is 0 Å². The molecule has 0 radical (unpaired) electrons. The topological polar surface area (TPSA) is 47.1 Å². The van der Waals surface area contributed by atoms with Gasteiger partial charge in [0.25, 0.3) is 0 Å². The van der Waals surface area contributed by atoms with Gasteiger partial charge in [0, 0.05) is 13.1 Å². The Labute approximate surface area is 114 Å². The van der Waals surface area contributed by atoms with Crippen LogP contribution in [0.1, 0.15) is 24.0 Å². The maximum Gasteiger partial charge on any atom is 0.201 e. The number of hydrogen-bond donors (Lipinski definition) is 1. The largest absolute Gasteiger partial charge is 0.369 e. The highest BCUT2D eigenvalue weighted by Crippen LogP contribution is 2.22. The first-order valence-corrected chi connectivity index (χ1v) is 7.10. The third-order valence-electron chi connectivity index (χ3n) is 4.23. The number of likely N-dealkylation sites (tertiary alicyclic amines) is 1.